The van der Waals surface area contributed by atoms with Gasteiger partial charge in [-0.05, 0) is 44.0 Å². The topological polar surface area (TPSA) is 83.9 Å². The number of hydrogen-bond acceptors (Lipinski definition) is 4. The Morgan fingerprint density at radius 2 is 1.64 bits per heavy atom. The number of carbonyl (C=O) groups excluding carboxylic acids is 2. The van der Waals surface area contributed by atoms with Crippen LogP contribution in [0.1, 0.15) is 54.6 Å². The highest BCUT2D eigenvalue weighted by Crippen LogP contribution is 2.40. The number of ether oxygens (including phenoxy) is 1. The number of esters is 1. The van der Waals surface area contributed by atoms with Crippen LogP contribution in [0.2, 0.25) is 0 Å². The zero-order valence-electron chi connectivity index (χ0n) is 16.1. The fourth-order valence-electron chi connectivity index (χ4n) is 3.51. The van der Waals surface area contributed by atoms with Crippen LogP contribution in [-0.2, 0) is 14.3 Å². The fourth-order valence-corrected chi connectivity index (χ4v) is 3.51. The van der Waals surface area contributed by atoms with Gasteiger partial charge in [-0.3, -0.25) is 19.3 Å². The van der Waals surface area contributed by atoms with E-state index in [1.165, 1.54) is 4.90 Å². The first kappa shape index (κ1) is 19.6. The van der Waals surface area contributed by atoms with E-state index in [1.54, 1.807) is 45.0 Å². The molecule has 0 radical (unpaired) electrons. The van der Waals surface area contributed by atoms with Crippen LogP contribution in [0.5, 0.6) is 0 Å². The van der Waals surface area contributed by atoms with Crippen molar-refractivity contribution in [3.05, 3.63) is 65.2 Å². The normalized spacial score (nSPS) is 16.0. The Balaban J connectivity index is 2.14. The molecular weight excluding hydrogens is 358 g/mol. The Morgan fingerprint density at radius 1 is 1.04 bits per heavy atom. The van der Waals surface area contributed by atoms with Crippen molar-refractivity contribution in [2.45, 2.75) is 38.7 Å². The number of hydrogen-bond donors (Lipinski definition) is 1. The van der Waals surface area contributed by atoms with Gasteiger partial charge in [-0.25, -0.2) is 0 Å². The summed E-state index contributed by atoms with van der Waals surface area (Å²) in [5.41, 5.74) is 1.70. The molecule has 2 aromatic rings. The SMILES string of the molecule is CC(C)(C)OC(=O)CC1c2ccccc2C(=O)N(CC(=O)O)c2ccccc21. The molecule has 1 unspecified atom stereocenters. The summed E-state index contributed by atoms with van der Waals surface area (Å²) >= 11 is 0. The van der Waals surface area contributed by atoms with E-state index in [0.717, 1.165) is 5.56 Å². The predicted molar refractivity (Wildman–Crippen MR) is 105 cm³/mol. The van der Waals surface area contributed by atoms with Crippen molar-refractivity contribution in [1.29, 1.82) is 0 Å². The molecule has 1 aliphatic heterocycles. The highest BCUT2D eigenvalue weighted by Gasteiger charge is 2.34. The zero-order valence-corrected chi connectivity index (χ0v) is 16.1. The minimum Gasteiger partial charge on any atom is -0.480 e. The van der Waals surface area contributed by atoms with Gasteiger partial charge in [-0.1, -0.05) is 36.4 Å². The van der Waals surface area contributed by atoms with Gasteiger partial charge >= 0.3 is 11.9 Å². The molecule has 0 fully saturated rings. The molecule has 0 saturated heterocycles. The Hall–Kier alpha value is -3.15. The second-order valence-corrected chi connectivity index (χ2v) is 7.77. The van der Waals surface area contributed by atoms with Gasteiger partial charge in [0.05, 0.1) is 6.42 Å². The zero-order chi connectivity index (χ0) is 20.5. The van der Waals surface area contributed by atoms with E-state index < -0.39 is 29.9 Å². The first-order valence-electron chi connectivity index (χ1n) is 9.11. The number of rotatable bonds is 4. The molecule has 1 aliphatic rings. The number of aliphatic carboxylic acids is 1. The molecule has 0 bridgehead atoms. The Bertz CT molecular complexity index is 929. The third-order valence-electron chi connectivity index (χ3n) is 4.50. The monoisotopic (exact) mass is 381 g/mol. The lowest BCUT2D eigenvalue weighted by Crippen LogP contribution is -2.35. The van der Waals surface area contributed by atoms with Crippen molar-refractivity contribution in [3.8, 4) is 0 Å². The van der Waals surface area contributed by atoms with E-state index in [0.29, 0.717) is 16.8 Å². The lowest BCUT2D eigenvalue weighted by Gasteiger charge is -2.24. The van der Waals surface area contributed by atoms with Crippen molar-refractivity contribution in [2.75, 3.05) is 11.4 Å². The number of para-hydroxylation sites is 1. The minimum absolute atomic E-state index is 0.0550. The van der Waals surface area contributed by atoms with Gasteiger partial charge in [-0.2, -0.15) is 0 Å². The van der Waals surface area contributed by atoms with Crippen LogP contribution in [-0.4, -0.2) is 35.1 Å². The molecule has 6 nitrogen and oxygen atoms in total. The van der Waals surface area contributed by atoms with Gasteiger partial charge < -0.3 is 9.84 Å². The van der Waals surface area contributed by atoms with Gasteiger partial charge in [0.1, 0.15) is 12.1 Å². The fraction of sp³-hybridized carbons (Fsp3) is 0.318. The lowest BCUT2D eigenvalue weighted by molar-refractivity contribution is -0.155. The van der Waals surface area contributed by atoms with E-state index in [4.69, 9.17) is 4.74 Å². The van der Waals surface area contributed by atoms with Gasteiger partial charge in [0.2, 0.25) is 0 Å². The number of carboxylic acids is 1. The third-order valence-corrected chi connectivity index (χ3v) is 4.50. The lowest BCUT2D eigenvalue weighted by atomic mass is 9.86. The first-order chi connectivity index (χ1) is 13.2. The first-order valence-corrected chi connectivity index (χ1v) is 9.11. The minimum atomic E-state index is -1.11. The molecule has 6 heteroatoms. The Kier molecular flexibility index (Phi) is 5.23. The molecule has 28 heavy (non-hydrogen) atoms. The highest BCUT2D eigenvalue weighted by molar-refractivity contribution is 6.10. The van der Waals surface area contributed by atoms with Crippen LogP contribution in [0, 0.1) is 0 Å². The van der Waals surface area contributed by atoms with Crippen molar-refractivity contribution < 1.29 is 24.2 Å². The summed E-state index contributed by atoms with van der Waals surface area (Å²) in [6.45, 7) is 4.96. The van der Waals surface area contributed by atoms with Crippen LogP contribution < -0.4 is 4.90 Å². The molecule has 1 atom stereocenters. The van der Waals surface area contributed by atoms with Crippen LogP contribution in [0.4, 0.5) is 5.69 Å². The van der Waals surface area contributed by atoms with E-state index in [9.17, 15) is 19.5 Å². The molecule has 0 spiro atoms. The molecule has 1 amide bonds. The summed E-state index contributed by atoms with van der Waals surface area (Å²) in [6, 6.07) is 14.1. The second-order valence-electron chi connectivity index (χ2n) is 7.77. The number of fused-ring (bicyclic) bond motifs is 2. The van der Waals surface area contributed by atoms with Crippen LogP contribution in [0.3, 0.4) is 0 Å². The average molecular weight is 381 g/mol. The highest BCUT2D eigenvalue weighted by atomic mass is 16.6. The molecule has 0 saturated carbocycles. The summed E-state index contributed by atoms with van der Waals surface area (Å²) in [6.07, 6.45) is 0.0550. The summed E-state index contributed by atoms with van der Waals surface area (Å²) in [5.74, 6) is -2.28. The molecule has 0 aromatic heterocycles. The van der Waals surface area contributed by atoms with Crippen LogP contribution >= 0.6 is 0 Å². The van der Waals surface area contributed by atoms with Gasteiger partial charge in [0.25, 0.3) is 5.91 Å². The molecule has 3 rings (SSSR count). The van der Waals surface area contributed by atoms with Gasteiger partial charge in [0.15, 0.2) is 0 Å². The summed E-state index contributed by atoms with van der Waals surface area (Å²) < 4.78 is 5.50. The largest absolute Gasteiger partial charge is 0.480 e. The molecule has 1 N–H and O–H groups in total. The number of carboxylic acid groups (broad SMARTS) is 1. The Morgan fingerprint density at radius 3 is 2.29 bits per heavy atom. The predicted octanol–water partition coefficient (Wildman–Crippen LogP) is 3.60. The summed E-state index contributed by atoms with van der Waals surface area (Å²) in [7, 11) is 0. The maximum Gasteiger partial charge on any atom is 0.323 e. The van der Waals surface area contributed by atoms with Gasteiger partial charge in [0, 0.05) is 17.2 Å². The number of nitrogens with zero attached hydrogens (tertiary/aromatic N) is 1. The van der Waals surface area contributed by atoms with E-state index in [-0.39, 0.29) is 12.4 Å². The van der Waals surface area contributed by atoms with E-state index >= 15 is 0 Å². The molecule has 2 aromatic carbocycles. The van der Waals surface area contributed by atoms with Crippen molar-refractivity contribution >= 4 is 23.5 Å². The standard InChI is InChI=1S/C22H23NO5/c1-22(2,3)28-20(26)12-17-14-8-4-5-10-16(14)21(27)23(13-19(24)25)18-11-7-6-9-15(17)18/h4-11,17H,12-13H2,1-3H3,(H,24,25). The number of anilines is 1. The van der Waals surface area contributed by atoms with E-state index in [1.807, 2.05) is 24.3 Å². The summed E-state index contributed by atoms with van der Waals surface area (Å²) in [4.78, 5) is 38.4. The quantitative estimate of drug-likeness (QED) is 0.818. The third kappa shape index (κ3) is 4.06. The van der Waals surface area contributed by atoms with Crippen molar-refractivity contribution in [2.24, 2.45) is 0 Å². The molecule has 1 heterocycles. The maximum atomic E-state index is 13.1. The van der Waals surface area contributed by atoms with Crippen molar-refractivity contribution in [3.63, 3.8) is 0 Å². The second kappa shape index (κ2) is 7.46. The summed E-state index contributed by atoms with van der Waals surface area (Å²) in [5, 5.41) is 9.32. The van der Waals surface area contributed by atoms with Gasteiger partial charge in [-0.15, -0.1) is 0 Å². The molecular formula is C22H23NO5. The molecule has 146 valence electrons. The van der Waals surface area contributed by atoms with Crippen LogP contribution in [0.15, 0.2) is 48.5 Å². The number of carbonyl (C=O) groups is 3. The Labute approximate surface area is 163 Å². The van der Waals surface area contributed by atoms with E-state index in [2.05, 4.69) is 0 Å². The van der Waals surface area contributed by atoms with Crippen molar-refractivity contribution in [1.82, 2.24) is 0 Å². The number of amides is 1. The maximum absolute atomic E-state index is 13.1. The number of benzene rings is 2. The molecule has 0 aliphatic carbocycles. The van der Waals surface area contributed by atoms with Crippen LogP contribution in [0.25, 0.3) is 0 Å². The smallest absolute Gasteiger partial charge is 0.323 e. The average Bonchev–Trinajstić information content (AvgIpc) is 2.70.